The zero-order chi connectivity index (χ0) is 24.7. The van der Waals surface area contributed by atoms with Crippen LogP contribution in [0.3, 0.4) is 0 Å². The van der Waals surface area contributed by atoms with Gasteiger partial charge in [0.1, 0.15) is 17.3 Å². The predicted octanol–water partition coefficient (Wildman–Crippen LogP) is 6.34. The Labute approximate surface area is 202 Å². The fraction of sp³-hybridized carbons (Fsp3) is 0.286. The van der Waals surface area contributed by atoms with E-state index in [9.17, 15) is 13.6 Å². The molecular weight excluding hydrogens is 450 g/mol. The van der Waals surface area contributed by atoms with Crippen molar-refractivity contribution in [1.29, 1.82) is 0 Å². The standard InChI is InChI=1S/C28H26F2N2O3/c1-4-35-28(33)26-25(20-6-5-11-31-27(20)34-3)22-13-17(21-12-16(21)2)8-10-24(22)32(26)15-18-7-9-19(29)14-23(18)30/h5-11,13-14,16,21H,4,12,15H2,1-3H3/t16-,21+/m1/s1. The molecule has 0 unspecified atom stereocenters. The van der Waals surface area contributed by atoms with E-state index in [4.69, 9.17) is 9.47 Å². The van der Waals surface area contributed by atoms with Crippen LogP contribution in [0.15, 0.2) is 54.7 Å². The predicted molar refractivity (Wildman–Crippen MR) is 130 cm³/mol. The van der Waals surface area contributed by atoms with Crippen LogP contribution in [0.1, 0.15) is 47.8 Å². The number of ether oxygens (including phenoxy) is 2. The lowest BCUT2D eigenvalue weighted by Crippen LogP contribution is -2.15. The lowest BCUT2D eigenvalue weighted by atomic mass is 9.99. The zero-order valence-electron chi connectivity index (χ0n) is 19.8. The first-order valence-corrected chi connectivity index (χ1v) is 11.7. The van der Waals surface area contributed by atoms with Crippen LogP contribution in [-0.4, -0.2) is 29.2 Å². The molecule has 1 fully saturated rings. The molecule has 0 bridgehead atoms. The normalized spacial score (nSPS) is 16.9. The molecule has 0 saturated heterocycles. The van der Waals surface area contributed by atoms with Gasteiger partial charge in [0.25, 0.3) is 0 Å². The van der Waals surface area contributed by atoms with Crippen molar-refractivity contribution in [3.8, 4) is 17.0 Å². The number of hydrogen-bond acceptors (Lipinski definition) is 4. The molecule has 2 aromatic carbocycles. The third kappa shape index (κ3) is 4.16. The van der Waals surface area contributed by atoms with Gasteiger partial charge in [0.15, 0.2) is 0 Å². The summed E-state index contributed by atoms with van der Waals surface area (Å²) in [4.78, 5) is 17.7. The summed E-state index contributed by atoms with van der Waals surface area (Å²) in [5, 5.41) is 0.832. The van der Waals surface area contributed by atoms with Crippen molar-refractivity contribution in [2.24, 2.45) is 5.92 Å². The van der Waals surface area contributed by atoms with Gasteiger partial charge in [-0.05, 0) is 61.1 Å². The van der Waals surface area contributed by atoms with E-state index < -0.39 is 17.6 Å². The first kappa shape index (κ1) is 23.0. The molecule has 7 heteroatoms. The highest BCUT2D eigenvalue weighted by Gasteiger charge is 2.35. The molecule has 1 aliphatic carbocycles. The smallest absolute Gasteiger partial charge is 0.355 e. The Balaban J connectivity index is 1.82. The monoisotopic (exact) mass is 476 g/mol. The number of pyridine rings is 1. The van der Waals surface area contributed by atoms with Crippen LogP contribution < -0.4 is 4.74 Å². The van der Waals surface area contributed by atoms with Crippen LogP contribution in [0.5, 0.6) is 5.88 Å². The van der Waals surface area contributed by atoms with Crippen molar-refractivity contribution in [1.82, 2.24) is 9.55 Å². The summed E-state index contributed by atoms with van der Waals surface area (Å²) in [6, 6.07) is 13.2. The van der Waals surface area contributed by atoms with Crippen LogP contribution >= 0.6 is 0 Å². The second-order valence-corrected chi connectivity index (χ2v) is 8.92. The van der Waals surface area contributed by atoms with Gasteiger partial charge in [-0.25, -0.2) is 18.6 Å². The molecule has 0 spiro atoms. The third-order valence-corrected chi connectivity index (χ3v) is 6.67. The van der Waals surface area contributed by atoms with E-state index in [1.54, 1.807) is 23.8 Å². The van der Waals surface area contributed by atoms with E-state index >= 15 is 0 Å². The number of methoxy groups -OCH3 is 1. The van der Waals surface area contributed by atoms with Gasteiger partial charge in [-0.2, -0.15) is 0 Å². The maximum absolute atomic E-state index is 14.7. The highest BCUT2D eigenvalue weighted by atomic mass is 19.1. The van der Waals surface area contributed by atoms with Crippen LogP contribution in [0, 0.1) is 17.6 Å². The third-order valence-electron chi connectivity index (χ3n) is 6.67. The summed E-state index contributed by atoms with van der Waals surface area (Å²) in [7, 11) is 1.53. The van der Waals surface area contributed by atoms with Crippen molar-refractivity contribution in [2.75, 3.05) is 13.7 Å². The Kier molecular flexibility index (Phi) is 6.01. The zero-order valence-corrected chi connectivity index (χ0v) is 19.8. The van der Waals surface area contributed by atoms with Crippen molar-refractivity contribution in [2.45, 2.75) is 32.7 Å². The molecule has 5 rings (SSSR count). The minimum absolute atomic E-state index is 0.0263. The molecule has 2 aromatic heterocycles. The largest absolute Gasteiger partial charge is 0.481 e. The Morgan fingerprint density at radius 1 is 1.17 bits per heavy atom. The van der Waals surface area contributed by atoms with E-state index in [2.05, 4.69) is 24.0 Å². The molecular formula is C28H26F2N2O3. The number of nitrogens with zero attached hydrogens (tertiary/aromatic N) is 2. The SMILES string of the molecule is CCOC(=O)c1c(-c2cccnc2OC)c2cc([C@H]3C[C@H]3C)ccc2n1Cc1ccc(F)cc1F. The number of carbonyl (C=O) groups is 1. The van der Waals surface area contributed by atoms with Crippen LogP contribution in [0.25, 0.3) is 22.0 Å². The van der Waals surface area contributed by atoms with Crippen molar-refractivity contribution < 1.29 is 23.0 Å². The summed E-state index contributed by atoms with van der Waals surface area (Å²) >= 11 is 0. The average molecular weight is 477 g/mol. The highest BCUT2D eigenvalue weighted by Crippen LogP contribution is 2.49. The first-order chi connectivity index (χ1) is 16.9. The average Bonchev–Trinajstić information content (AvgIpc) is 3.50. The molecule has 0 amide bonds. The number of hydrogen-bond donors (Lipinski definition) is 0. The van der Waals surface area contributed by atoms with E-state index in [1.807, 2.05) is 12.1 Å². The fourth-order valence-electron chi connectivity index (χ4n) is 4.80. The van der Waals surface area contributed by atoms with Crippen molar-refractivity contribution in [3.63, 3.8) is 0 Å². The maximum Gasteiger partial charge on any atom is 0.355 e. The Bertz CT molecular complexity index is 1430. The quantitative estimate of drug-likeness (QED) is 0.292. The van der Waals surface area contributed by atoms with Gasteiger partial charge < -0.3 is 14.0 Å². The molecule has 1 saturated carbocycles. The topological polar surface area (TPSA) is 53.4 Å². The van der Waals surface area contributed by atoms with Gasteiger partial charge in [-0.15, -0.1) is 0 Å². The van der Waals surface area contributed by atoms with Gasteiger partial charge in [0.05, 0.1) is 20.3 Å². The van der Waals surface area contributed by atoms with Gasteiger partial charge in [0.2, 0.25) is 5.88 Å². The Hall–Kier alpha value is -3.74. The number of benzene rings is 2. The lowest BCUT2D eigenvalue weighted by molar-refractivity contribution is 0.0516. The molecule has 0 aliphatic heterocycles. The van der Waals surface area contributed by atoms with Gasteiger partial charge in [-0.3, -0.25) is 0 Å². The Morgan fingerprint density at radius 2 is 1.97 bits per heavy atom. The molecule has 0 radical (unpaired) electrons. The van der Waals surface area contributed by atoms with Crippen molar-refractivity contribution in [3.05, 3.63) is 83.2 Å². The summed E-state index contributed by atoms with van der Waals surface area (Å²) < 4.78 is 41.0. The molecule has 35 heavy (non-hydrogen) atoms. The van der Waals surface area contributed by atoms with E-state index in [1.165, 1.54) is 24.8 Å². The molecule has 5 nitrogen and oxygen atoms in total. The lowest BCUT2D eigenvalue weighted by Gasteiger charge is -2.13. The Morgan fingerprint density at radius 3 is 2.66 bits per heavy atom. The second kappa shape index (κ2) is 9.13. The molecule has 2 heterocycles. The molecule has 4 aromatic rings. The summed E-state index contributed by atoms with van der Waals surface area (Å²) in [5.41, 5.74) is 3.74. The molecule has 0 N–H and O–H groups in total. The summed E-state index contributed by atoms with van der Waals surface area (Å²) in [6.45, 7) is 4.16. The van der Waals surface area contributed by atoms with Crippen LogP contribution in [-0.2, 0) is 11.3 Å². The first-order valence-electron chi connectivity index (χ1n) is 11.7. The number of halogens is 2. The molecule has 180 valence electrons. The van der Waals surface area contributed by atoms with Gasteiger partial charge in [-0.1, -0.05) is 19.1 Å². The number of aromatic nitrogens is 2. The highest BCUT2D eigenvalue weighted by molar-refractivity contribution is 6.09. The number of esters is 1. The van der Waals surface area contributed by atoms with Crippen LogP contribution in [0.4, 0.5) is 8.78 Å². The van der Waals surface area contributed by atoms with E-state index in [0.717, 1.165) is 23.4 Å². The van der Waals surface area contributed by atoms with Gasteiger partial charge in [0, 0.05) is 39.9 Å². The maximum atomic E-state index is 14.7. The number of fused-ring (bicyclic) bond motifs is 1. The number of carbonyl (C=O) groups excluding carboxylic acids is 1. The van der Waals surface area contributed by atoms with Crippen LogP contribution in [0.2, 0.25) is 0 Å². The minimum Gasteiger partial charge on any atom is -0.481 e. The second-order valence-electron chi connectivity index (χ2n) is 8.92. The van der Waals surface area contributed by atoms with E-state index in [0.29, 0.717) is 28.8 Å². The fourth-order valence-corrected chi connectivity index (χ4v) is 4.80. The van der Waals surface area contributed by atoms with Crippen molar-refractivity contribution >= 4 is 16.9 Å². The van der Waals surface area contributed by atoms with Gasteiger partial charge >= 0.3 is 5.97 Å². The van der Waals surface area contributed by atoms with E-state index in [-0.39, 0.29) is 24.4 Å². The molecule has 1 aliphatic rings. The summed E-state index contributed by atoms with van der Waals surface area (Å²) in [6.07, 6.45) is 2.74. The number of rotatable bonds is 7. The summed E-state index contributed by atoms with van der Waals surface area (Å²) in [5.74, 6) is -0.428. The minimum atomic E-state index is -0.675. The molecule has 2 atom stereocenters.